The summed E-state index contributed by atoms with van der Waals surface area (Å²) >= 11 is 0. The fraction of sp³-hybridized carbons (Fsp3) is 0.458. The molecule has 0 rings (SSSR count). The Bertz CT molecular complexity index is 458. The molecule has 0 fully saturated rings. The van der Waals surface area contributed by atoms with Gasteiger partial charge in [0, 0.05) is 12.8 Å². The van der Waals surface area contributed by atoms with Crippen molar-refractivity contribution in [1.29, 1.82) is 0 Å². The van der Waals surface area contributed by atoms with Crippen molar-refractivity contribution < 1.29 is 14.4 Å². The lowest BCUT2D eigenvalue weighted by Gasteiger charge is -1.86. The first-order valence-corrected chi connectivity index (χ1v) is 8.91. The van der Waals surface area contributed by atoms with E-state index in [0.717, 1.165) is 32.0 Å². The van der Waals surface area contributed by atoms with E-state index in [9.17, 15) is 14.4 Å². The maximum absolute atomic E-state index is 10.4. The number of allylic oxidation sites excluding steroid dienone is 6. The molecular formula is C24H38O3. The minimum atomic E-state index is 0.255. The average Bonchev–Trinajstić information content (AvgIpc) is 2.64. The largest absolute Gasteiger partial charge is 0.300 e. The maximum Gasteiger partial charge on any atom is 0.142 e. The number of carbonyl (C=O) groups is 3. The van der Waals surface area contributed by atoms with E-state index in [-0.39, 0.29) is 5.78 Å². The first-order valence-electron chi connectivity index (χ1n) is 8.91. The van der Waals surface area contributed by atoms with E-state index in [4.69, 9.17) is 0 Å². The molecule has 0 unspecified atom stereocenters. The summed E-state index contributed by atoms with van der Waals surface area (Å²) < 4.78 is 0. The second-order valence-electron chi connectivity index (χ2n) is 4.95. The monoisotopic (exact) mass is 374 g/mol. The van der Waals surface area contributed by atoms with Crippen molar-refractivity contribution in [3.8, 4) is 25.2 Å². The Hall–Kier alpha value is -2.65. The number of aldehydes is 1. The quantitative estimate of drug-likeness (QED) is 0.230. The summed E-state index contributed by atoms with van der Waals surface area (Å²) in [5.74, 6) is 2.81. The molecule has 3 nitrogen and oxygen atoms in total. The normalized spacial score (nSPS) is 8.56. The van der Waals surface area contributed by atoms with E-state index >= 15 is 0 Å². The van der Waals surface area contributed by atoms with Gasteiger partial charge in [0.15, 0.2) is 0 Å². The van der Waals surface area contributed by atoms with Crippen LogP contribution in [0.1, 0.15) is 73.6 Å². The van der Waals surface area contributed by atoms with Crippen LogP contribution < -0.4 is 0 Å². The molecule has 27 heavy (non-hydrogen) atoms. The Labute approximate surface area is 168 Å². The fourth-order valence-electron chi connectivity index (χ4n) is 1.08. The van der Waals surface area contributed by atoms with Gasteiger partial charge in [0.25, 0.3) is 0 Å². The van der Waals surface area contributed by atoms with Gasteiger partial charge < -0.3 is 9.59 Å². The Morgan fingerprint density at radius 1 is 0.926 bits per heavy atom. The molecule has 0 aliphatic rings. The third-order valence-corrected chi connectivity index (χ3v) is 2.26. The minimum Gasteiger partial charge on any atom is -0.300 e. The van der Waals surface area contributed by atoms with E-state index < -0.39 is 0 Å². The van der Waals surface area contributed by atoms with E-state index in [1.54, 1.807) is 33.8 Å². The summed E-state index contributed by atoms with van der Waals surface area (Å²) in [7, 11) is 0. The standard InChI is InChI=1S/C9H14O.C6H12O.C4H6O.C3H4.C2H2/c1-3-4-5-6-7-8-9(2)10;1-3-4-5-6(2)7;1-2-3-4-5;1-3-2;1-2/h3-6H,7-8H2,1-2H3;3-5H2,1-2H3;2-4H,1H3;1H,2H3;1-2H/b4-3+,6-5-;;3-2+;;. The highest BCUT2D eigenvalue weighted by molar-refractivity contribution is 5.75. The zero-order valence-electron chi connectivity index (χ0n) is 18.0. The molecule has 0 heterocycles. The SMILES string of the molecule is C#C.C#CC.C/C=C/C=C\CCC(C)=O.C/C=C/C=O.CCCCC(C)=O. The van der Waals surface area contributed by atoms with E-state index in [1.807, 2.05) is 31.2 Å². The number of Topliss-reactive ketones (excluding diaryl/α,β-unsaturated/α-hetero) is 2. The first-order chi connectivity index (χ1) is 12.9. The van der Waals surface area contributed by atoms with Gasteiger partial charge >= 0.3 is 0 Å². The number of hydrogen-bond donors (Lipinski definition) is 0. The second kappa shape index (κ2) is 43.6. The van der Waals surface area contributed by atoms with Crippen molar-refractivity contribution >= 4 is 17.9 Å². The van der Waals surface area contributed by atoms with Crippen LogP contribution in [0.15, 0.2) is 36.5 Å². The Morgan fingerprint density at radius 2 is 1.37 bits per heavy atom. The lowest BCUT2D eigenvalue weighted by molar-refractivity contribution is -0.117. The van der Waals surface area contributed by atoms with E-state index in [2.05, 4.69) is 32.1 Å². The predicted octanol–water partition coefficient (Wildman–Crippen LogP) is 5.90. The van der Waals surface area contributed by atoms with Crippen molar-refractivity contribution in [2.45, 2.75) is 73.6 Å². The summed E-state index contributed by atoms with van der Waals surface area (Å²) in [6, 6.07) is 0. The molecule has 152 valence electrons. The summed E-state index contributed by atoms with van der Waals surface area (Å²) in [4.78, 5) is 29.9. The van der Waals surface area contributed by atoms with Gasteiger partial charge in [-0.2, -0.15) is 0 Å². The Morgan fingerprint density at radius 3 is 1.59 bits per heavy atom. The van der Waals surface area contributed by atoms with Crippen LogP contribution in [-0.2, 0) is 14.4 Å². The molecule has 0 aromatic rings. The Balaban J connectivity index is -0.0000000832. The van der Waals surface area contributed by atoms with Crippen molar-refractivity contribution in [3.05, 3.63) is 36.5 Å². The topological polar surface area (TPSA) is 51.2 Å². The minimum absolute atomic E-state index is 0.255. The van der Waals surface area contributed by atoms with Gasteiger partial charge in [-0.15, -0.1) is 25.2 Å². The highest BCUT2D eigenvalue weighted by Gasteiger charge is 1.87. The second-order valence-corrected chi connectivity index (χ2v) is 4.95. The van der Waals surface area contributed by atoms with Crippen LogP contribution in [0.25, 0.3) is 0 Å². The van der Waals surface area contributed by atoms with Crippen molar-refractivity contribution in [2.24, 2.45) is 0 Å². The molecule has 0 aromatic heterocycles. The molecule has 0 bridgehead atoms. The zero-order chi connectivity index (χ0) is 22.3. The molecule has 0 saturated heterocycles. The highest BCUT2D eigenvalue weighted by Crippen LogP contribution is 1.93. The number of terminal acetylenes is 2. The first kappa shape index (κ1) is 35.5. The van der Waals surface area contributed by atoms with Gasteiger partial charge in [0.2, 0.25) is 0 Å². The summed E-state index contributed by atoms with van der Waals surface area (Å²) in [6.45, 7) is 10.8. The van der Waals surface area contributed by atoms with Crippen LogP contribution >= 0.6 is 0 Å². The smallest absolute Gasteiger partial charge is 0.142 e. The fourth-order valence-corrected chi connectivity index (χ4v) is 1.08. The van der Waals surface area contributed by atoms with Crippen LogP contribution in [0.4, 0.5) is 0 Å². The van der Waals surface area contributed by atoms with Gasteiger partial charge in [-0.05, 0) is 53.5 Å². The molecule has 0 saturated carbocycles. The van der Waals surface area contributed by atoms with Crippen LogP contribution in [0.2, 0.25) is 0 Å². The van der Waals surface area contributed by atoms with Gasteiger partial charge in [0.1, 0.15) is 17.9 Å². The number of hydrogen-bond acceptors (Lipinski definition) is 3. The number of carbonyl (C=O) groups excluding carboxylic acids is 3. The van der Waals surface area contributed by atoms with Crippen LogP contribution in [-0.4, -0.2) is 17.9 Å². The third-order valence-electron chi connectivity index (χ3n) is 2.26. The van der Waals surface area contributed by atoms with Crippen molar-refractivity contribution in [3.63, 3.8) is 0 Å². The van der Waals surface area contributed by atoms with Crippen molar-refractivity contribution in [1.82, 2.24) is 0 Å². The van der Waals surface area contributed by atoms with Gasteiger partial charge in [0.05, 0.1) is 0 Å². The molecule has 0 amide bonds. The van der Waals surface area contributed by atoms with Crippen LogP contribution in [0.5, 0.6) is 0 Å². The maximum atomic E-state index is 10.4. The highest BCUT2D eigenvalue weighted by atomic mass is 16.1. The predicted molar refractivity (Wildman–Crippen MR) is 119 cm³/mol. The van der Waals surface area contributed by atoms with Gasteiger partial charge in [-0.25, -0.2) is 0 Å². The summed E-state index contributed by atoms with van der Waals surface area (Å²) in [5.41, 5.74) is 0. The van der Waals surface area contributed by atoms with Crippen molar-refractivity contribution in [2.75, 3.05) is 0 Å². The zero-order valence-corrected chi connectivity index (χ0v) is 18.0. The lowest BCUT2D eigenvalue weighted by atomic mass is 10.2. The number of ketones is 2. The summed E-state index contributed by atoms with van der Waals surface area (Å²) in [5, 5.41) is 0. The molecular weight excluding hydrogens is 336 g/mol. The Kier molecular flexibility index (Phi) is 57.3. The van der Waals surface area contributed by atoms with E-state index in [0.29, 0.717) is 12.2 Å². The molecule has 0 aromatic carbocycles. The molecule has 0 aliphatic heterocycles. The van der Waals surface area contributed by atoms with Gasteiger partial charge in [-0.1, -0.05) is 43.7 Å². The van der Waals surface area contributed by atoms with Crippen LogP contribution in [0, 0.1) is 25.2 Å². The lowest BCUT2D eigenvalue weighted by Crippen LogP contribution is -1.86. The molecule has 0 N–H and O–H groups in total. The number of rotatable bonds is 8. The van der Waals surface area contributed by atoms with E-state index in [1.165, 1.54) is 6.08 Å². The molecule has 0 radical (unpaired) electrons. The summed E-state index contributed by atoms with van der Waals surface area (Å²) in [6.07, 6.45) is 28.8. The molecule has 3 heteroatoms. The molecule has 0 aliphatic carbocycles. The molecule has 0 atom stereocenters. The number of unbranched alkanes of at least 4 members (excludes halogenated alkanes) is 1. The van der Waals surface area contributed by atoms with Crippen LogP contribution in [0.3, 0.4) is 0 Å². The third kappa shape index (κ3) is 99.4. The molecule has 0 spiro atoms. The van der Waals surface area contributed by atoms with Gasteiger partial charge in [-0.3, -0.25) is 4.79 Å². The average molecular weight is 375 g/mol.